The van der Waals surface area contributed by atoms with Gasteiger partial charge in [-0.1, -0.05) is 0 Å². The number of nitrogens with zero attached hydrogens (tertiary/aromatic N) is 3. The predicted molar refractivity (Wildman–Crippen MR) is 57.9 cm³/mol. The Morgan fingerprint density at radius 3 is 2.22 bits per heavy atom. The van der Waals surface area contributed by atoms with Crippen LogP contribution in [0.2, 0.25) is 0 Å². The molecule has 5 N–H and O–H groups in total. The highest BCUT2D eigenvalue weighted by Gasteiger charge is 2.14. The summed E-state index contributed by atoms with van der Waals surface area (Å²) in [6.45, 7) is 0. The molecule has 0 spiro atoms. The third kappa shape index (κ3) is 1.97. The monoisotopic (exact) mass is 256 g/mol. The molecule has 2 aromatic rings. The second-order valence-corrected chi connectivity index (χ2v) is 3.26. The molecule has 0 aliphatic carbocycles. The Balaban J connectivity index is 2.44. The van der Waals surface area contributed by atoms with Crippen LogP contribution in [-0.4, -0.2) is 10.2 Å². The fourth-order valence-electron chi connectivity index (χ4n) is 1.18. The molecule has 1 aromatic heterocycles. The minimum atomic E-state index is -1.45. The Labute approximate surface area is 98.5 Å². The van der Waals surface area contributed by atoms with Crippen LogP contribution in [0.5, 0.6) is 0 Å². The lowest BCUT2D eigenvalue weighted by atomic mass is 10.3. The van der Waals surface area contributed by atoms with E-state index < -0.39 is 23.1 Å². The lowest BCUT2D eigenvalue weighted by molar-refractivity contribution is 0.497. The fraction of sp³-hybridized carbons (Fsp3) is 0. The van der Waals surface area contributed by atoms with Crippen molar-refractivity contribution in [1.82, 2.24) is 10.2 Å². The topological polar surface area (TPSA) is 105 Å². The van der Waals surface area contributed by atoms with Crippen molar-refractivity contribution in [1.29, 1.82) is 0 Å². The number of nitrogen functional groups attached to an aromatic ring is 2. The van der Waals surface area contributed by atoms with Gasteiger partial charge in [-0.3, -0.25) is 5.10 Å². The lowest BCUT2D eigenvalue weighted by Crippen LogP contribution is -1.88. The summed E-state index contributed by atoms with van der Waals surface area (Å²) in [5.41, 5.74) is 9.84. The summed E-state index contributed by atoms with van der Waals surface area (Å²) in [4.78, 5) is 0. The molecule has 0 amide bonds. The Kier molecular flexibility index (Phi) is 2.88. The molecule has 0 radical (unpaired) electrons. The summed E-state index contributed by atoms with van der Waals surface area (Å²) in [6.07, 6.45) is 0. The van der Waals surface area contributed by atoms with Gasteiger partial charge in [-0.15, -0.1) is 10.2 Å². The highest BCUT2D eigenvalue weighted by atomic mass is 19.2. The standard InChI is InChI=1S/C9H7F3N6/c10-3-1-2-4(11)6(5(3)12)15-16-7-8(13)17-18-9(7)14/h1-2H,(H5,13,14,17,18). The quantitative estimate of drug-likeness (QED) is 0.567. The Bertz CT molecular complexity index is 602. The van der Waals surface area contributed by atoms with E-state index in [1.807, 2.05) is 0 Å². The van der Waals surface area contributed by atoms with Crippen LogP contribution in [-0.2, 0) is 0 Å². The van der Waals surface area contributed by atoms with Crippen LogP contribution in [0, 0.1) is 17.5 Å². The van der Waals surface area contributed by atoms with E-state index in [4.69, 9.17) is 11.5 Å². The van der Waals surface area contributed by atoms with Gasteiger partial charge in [0.15, 0.2) is 34.6 Å². The van der Waals surface area contributed by atoms with E-state index in [-0.39, 0.29) is 17.3 Å². The van der Waals surface area contributed by atoms with Gasteiger partial charge >= 0.3 is 0 Å². The third-order valence-electron chi connectivity index (χ3n) is 2.06. The molecular weight excluding hydrogens is 249 g/mol. The summed E-state index contributed by atoms with van der Waals surface area (Å²) < 4.78 is 39.3. The maximum absolute atomic E-state index is 13.2. The number of rotatable bonds is 2. The summed E-state index contributed by atoms with van der Waals surface area (Å²) in [5, 5.41) is 12.5. The second kappa shape index (κ2) is 4.35. The minimum absolute atomic E-state index is 0.0199. The molecule has 0 unspecified atom stereocenters. The molecule has 6 nitrogen and oxygen atoms in total. The van der Waals surface area contributed by atoms with Crippen LogP contribution < -0.4 is 11.5 Å². The molecule has 2 rings (SSSR count). The number of halogens is 3. The van der Waals surface area contributed by atoms with Gasteiger partial charge < -0.3 is 11.5 Å². The normalized spacial score (nSPS) is 11.3. The summed E-state index contributed by atoms with van der Waals surface area (Å²) >= 11 is 0. The largest absolute Gasteiger partial charge is 0.382 e. The number of aromatic amines is 1. The first-order valence-electron chi connectivity index (χ1n) is 4.65. The number of benzene rings is 1. The molecule has 0 aliphatic rings. The predicted octanol–water partition coefficient (Wildman–Crippen LogP) is 2.41. The van der Waals surface area contributed by atoms with Crippen LogP contribution in [0.25, 0.3) is 0 Å². The van der Waals surface area contributed by atoms with E-state index in [2.05, 4.69) is 20.4 Å². The molecule has 0 bridgehead atoms. The van der Waals surface area contributed by atoms with Crippen molar-refractivity contribution in [3.8, 4) is 0 Å². The highest BCUT2D eigenvalue weighted by molar-refractivity contribution is 5.70. The van der Waals surface area contributed by atoms with E-state index in [9.17, 15) is 13.2 Å². The van der Waals surface area contributed by atoms with Crippen molar-refractivity contribution in [2.24, 2.45) is 10.2 Å². The van der Waals surface area contributed by atoms with E-state index in [1.165, 1.54) is 0 Å². The summed E-state index contributed by atoms with van der Waals surface area (Å²) in [6, 6.07) is 1.37. The number of aromatic nitrogens is 2. The number of anilines is 2. The number of nitrogens with two attached hydrogens (primary N) is 2. The molecule has 0 saturated heterocycles. The zero-order valence-electron chi connectivity index (χ0n) is 8.78. The molecule has 0 saturated carbocycles. The second-order valence-electron chi connectivity index (χ2n) is 3.26. The average Bonchev–Trinajstić information content (AvgIpc) is 2.65. The van der Waals surface area contributed by atoms with E-state index >= 15 is 0 Å². The highest BCUT2D eigenvalue weighted by Crippen LogP contribution is 2.30. The Morgan fingerprint density at radius 2 is 1.61 bits per heavy atom. The van der Waals surface area contributed by atoms with E-state index in [1.54, 1.807) is 0 Å². The summed E-state index contributed by atoms with van der Waals surface area (Å²) in [5.74, 6) is -3.85. The van der Waals surface area contributed by atoms with Gasteiger partial charge in [0.1, 0.15) is 5.82 Å². The molecule has 0 aliphatic heterocycles. The first kappa shape index (κ1) is 11.9. The van der Waals surface area contributed by atoms with Crippen LogP contribution >= 0.6 is 0 Å². The van der Waals surface area contributed by atoms with Crippen LogP contribution in [0.1, 0.15) is 0 Å². The van der Waals surface area contributed by atoms with Gasteiger partial charge in [0.05, 0.1) is 0 Å². The van der Waals surface area contributed by atoms with Crippen molar-refractivity contribution >= 4 is 23.0 Å². The van der Waals surface area contributed by atoms with Gasteiger partial charge in [0.25, 0.3) is 0 Å². The van der Waals surface area contributed by atoms with Crippen LogP contribution in [0.15, 0.2) is 22.4 Å². The molecule has 18 heavy (non-hydrogen) atoms. The van der Waals surface area contributed by atoms with Crippen molar-refractivity contribution in [2.45, 2.75) is 0 Å². The Hall–Kier alpha value is -2.58. The fourth-order valence-corrected chi connectivity index (χ4v) is 1.18. The zero-order chi connectivity index (χ0) is 13.3. The maximum Gasteiger partial charge on any atom is 0.189 e. The third-order valence-corrected chi connectivity index (χ3v) is 2.06. The van der Waals surface area contributed by atoms with Crippen molar-refractivity contribution in [2.75, 3.05) is 11.5 Å². The number of H-pyrrole nitrogens is 1. The average molecular weight is 256 g/mol. The Morgan fingerprint density at radius 1 is 1.00 bits per heavy atom. The number of nitrogens with one attached hydrogen (secondary N) is 1. The van der Waals surface area contributed by atoms with E-state index in [0.717, 1.165) is 6.07 Å². The lowest BCUT2D eigenvalue weighted by Gasteiger charge is -1.98. The van der Waals surface area contributed by atoms with Crippen molar-refractivity contribution in [3.63, 3.8) is 0 Å². The van der Waals surface area contributed by atoms with Gasteiger partial charge in [-0.2, -0.15) is 5.10 Å². The van der Waals surface area contributed by atoms with Gasteiger partial charge in [0.2, 0.25) is 0 Å². The summed E-state index contributed by atoms with van der Waals surface area (Å²) in [7, 11) is 0. The molecule has 1 aromatic carbocycles. The molecule has 9 heteroatoms. The SMILES string of the molecule is Nc1n[nH]c(N)c1N=Nc1c(F)ccc(F)c1F. The first-order valence-corrected chi connectivity index (χ1v) is 4.65. The van der Waals surface area contributed by atoms with Crippen molar-refractivity contribution < 1.29 is 13.2 Å². The molecule has 1 heterocycles. The van der Waals surface area contributed by atoms with Crippen LogP contribution in [0.4, 0.5) is 36.2 Å². The van der Waals surface area contributed by atoms with E-state index in [0.29, 0.717) is 6.07 Å². The number of hydrogen-bond donors (Lipinski definition) is 3. The van der Waals surface area contributed by atoms with Crippen molar-refractivity contribution in [3.05, 3.63) is 29.6 Å². The molecule has 0 fully saturated rings. The first-order chi connectivity index (χ1) is 8.50. The molecular formula is C9H7F3N6. The number of azo groups is 1. The van der Waals surface area contributed by atoms with Gasteiger partial charge in [-0.25, -0.2) is 13.2 Å². The molecule has 0 atom stereocenters. The maximum atomic E-state index is 13.2. The smallest absolute Gasteiger partial charge is 0.189 e. The van der Waals surface area contributed by atoms with Gasteiger partial charge in [-0.05, 0) is 12.1 Å². The number of hydrogen-bond acceptors (Lipinski definition) is 5. The van der Waals surface area contributed by atoms with Gasteiger partial charge in [0, 0.05) is 0 Å². The molecule has 94 valence electrons. The van der Waals surface area contributed by atoms with Crippen LogP contribution in [0.3, 0.4) is 0 Å². The minimum Gasteiger partial charge on any atom is -0.382 e. The zero-order valence-corrected chi connectivity index (χ0v) is 8.78.